The largest absolute Gasteiger partial charge is 0.480 e. The molecule has 0 atom stereocenters. The van der Waals surface area contributed by atoms with Gasteiger partial charge in [-0.05, 0) is 18.9 Å². The first-order chi connectivity index (χ1) is 9.04. The van der Waals surface area contributed by atoms with Crippen LogP contribution in [0.4, 0.5) is 0 Å². The summed E-state index contributed by atoms with van der Waals surface area (Å²) in [5.74, 6) is -0.247. The molecule has 0 spiro atoms. The third kappa shape index (κ3) is 5.87. The molecular formula is C12H13Cl3O4. The van der Waals surface area contributed by atoms with Gasteiger partial charge in [0.15, 0.2) is 6.61 Å². The van der Waals surface area contributed by atoms with Gasteiger partial charge in [-0.1, -0.05) is 34.8 Å². The summed E-state index contributed by atoms with van der Waals surface area (Å²) < 4.78 is 10.1. The highest BCUT2D eigenvalue weighted by Crippen LogP contribution is 2.33. The quantitative estimate of drug-likeness (QED) is 0.474. The molecule has 4 nitrogen and oxygen atoms in total. The molecule has 0 heterocycles. The lowest BCUT2D eigenvalue weighted by atomic mass is 10.3. The van der Waals surface area contributed by atoms with Crippen LogP contribution in [0.15, 0.2) is 12.1 Å². The minimum Gasteiger partial charge on any atom is -0.480 e. The third-order valence-electron chi connectivity index (χ3n) is 2.14. The molecule has 0 fully saturated rings. The SMILES string of the molecule is O=C(COc1cc(Cl)c(Cl)cc1Cl)OCCCCO. The maximum absolute atomic E-state index is 11.3. The Morgan fingerprint density at radius 1 is 1.11 bits per heavy atom. The Hall–Kier alpha value is -0.680. The van der Waals surface area contributed by atoms with Crippen LogP contribution in [0.5, 0.6) is 5.75 Å². The number of rotatable bonds is 7. The van der Waals surface area contributed by atoms with Crippen molar-refractivity contribution in [1.82, 2.24) is 0 Å². The predicted molar refractivity (Wildman–Crippen MR) is 74.2 cm³/mol. The van der Waals surface area contributed by atoms with Crippen LogP contribution in [-0.2, 0) is 9.53 Å². The minimum atomic E-state index is -0.514. The second-order valence-electron chi connectivity index (χ2n) is 3.64. The Balaban J connectivity index is 2.40. The van der Waals surface area contributed by atoms with Crippen LogP contribution >= 0.6 is 34.8 Å². The van der Waals surface area contributed by atoms with Crippen LogP contribution < -0.4 is 4.74 Å². The molecule has 19 heavy (non-hydrogen) atoms. The third-order valence-corrected chi connectivity index (χ3v) is 3.15. The van der Waals surface area contributed by atoms with Crippen molar-refractivity contribution >= 4 is 40.8 Å². The first-order valence-electron chi connectivity index (χ1n) is 5.58. The van der Waals surface area contributed by atoms with Crippen molar-refractivity contribution in [3.05, 3.63) is 27.2 Å². The van der Waals surface area contributed by atoms with Crippen molar-refractivity contribution in [1.29, 1.82) is 0 Å². The number of hydrogen-bond acceptors (Lipinski definition) is 4. The lowest BCUT2D eigenvalue weighted by molar-refractivity contribution is -0.146. The summed E-state index contributed by atoms with van der Waals surface area (Å²) in [5.41, 5.74) is 0. The first kappa shape index (κ1) is 16.4. The molecule has 1 N–H and O–H groups in total. The van der Waals surface area contributed by atoms with Gasteiger partial charge in [-0.25, -0.2) is 4.79 Å². The highest BCUT2D eigenvalue weighted by molar-refractivity contribution is 6.43. The minimum absolute atomic E-state index is 0.0763. The van der Waals surface area contributed by atoms with Gasteiger partial charge in [-0.15, -0.1) is 0 Å². The topological polar surface area (TPSA) is 55.8 Å². The summed E-state index contributed by atoms with van der Waals surface area (Å²) >= 11 is 17.5. The monoisotopic (exact) mass is 326 g/mol. The molecule has 0 amide bonds. The lowest BCUT2D eigenvalue weighted by Gasteiger charge is -2.09. The van der Waals surface area contributed by atoms with E-state index in [1.165, 1.54) is 12.1 Å². The van der Waals surface area contributed by atoms with Crippen LogP contribution in [-0.4, -0.2) is 30.9 Å². The summed E-state index contributed by atoms with van der Waals surface area (Å²) in [5, 5.41) is 9.43. The van der Waals surface area contributed by atoms with E-state index in [2.05, 4.69) is 0 Å². The van der Waals surface area contributed by atoms with E-state index < -0.39 is 5.97 Å². The normalized spacial score (nSPS) is 10.3. The number of hydrogen-bond donors (Lipinski definition) is 1. The van der Waals surface area contributed by atoms with E-state index in [-0.39, 0.29) is 35.6 Å². The average Bonchev–Trinajstić information content (AvgIpc) is 2.37. The van der Waals surface area contributed by atoms with Gasteiger partial charge in [0.1, 0.15) is 5.75 Å². The standard InChI is InChI=1S/C12H13Cl3O4/c13-8-5-10(15)11(6-9(8)14)19-7-12(17)18-4-2-1-3-16/h5-6,16H,1-4,7H2. The zero-order chi connectivity index (χ0) is 14.3. The average molecular weight is 328 g/mol. The van der Waals surface area contributed by atoms with Gasteiger partial charge >= 0.3 is 5.97 Å². The van der Waals surface area contributed by atoms with E-state index in [1.807, 2.05) is 0 Å². The van der Waals surface area contributed by atoms with Gasteiger partial charge in [-0.3, -0.25) is 0 Å². The first-order valence-corrected chi connectivity index (χ1v) is 6.72. The summed E-state index contributed by atoms with van der Waals surface area (Å²) in [6, 6.07) is 2.87. The molecule has 1 aromatic rings. The molecule has 0 aromatic heterocycles. The summed E-state index contributed by atoms with van der Waals surface area (Å²) in [6.45, 7) is 0.0571. The zero-order valence-electron chi connectivity index (χ0n) is 10.00. The number of benzene rings is 1. The smallest absolute Gasteiger partial charge is 0.344 e. The number of carbonyl (C=O) groups excluding carboxylic acids is 1. The fraction of sp³-hybridized carbons (Fsp3) is 0.417. The number of halogens is 3. The second-order valence-corrected chi connectivity index (χ2v) is 4.86. The van der Waals surface area contributed by atoms with Crippen molar-refractivity contribution in [3.63, 3.8) is 0 Å². The molecule has 7 heteroatoms. The summed E-state index contributed by atoms with van der Waals surface area (Å²) in [7, 11) is 0. The molecule has 1 aromatic carbocycles. The number of unbranched alkanes of at least 4 members (excludes halogenated alkanes) is 1. The Kier molecular flexibility index (Phi) is 7.31. The van der Waals surface area contributed by atoms with Crippen molar-refractivity contribution in [3.8, 4) is 5.75 Å². The van der Waals surface area contributed by atoms with Gasteiger partial charge in [0.2, 0.25) is 0 Å². The molecule has 0 unspecified atom stereocenters. The van der Waals surface area contributed by atoms with E-state index in [9.17, 15) is 4.79 Å². The molecule has 106 valence electrons. The second kappa shape index (κ2) is 8.48. The number of aliphatic hydroxyl groups excluding tert-OH is 1. The van der Waals surface area contributed by atoms with Gasteiger partial charge in [0, 0.05) is 12.7 Å². The predicted octanol–water partition coefficient (Wildman–Crippen LogP) is 3.34. The van der Waals surface area contributed by atoms with E-state index >= 15 is 0 Å². The molecule has 0 saturated heterocycles. The number of carbonyl (C=O) groups is 1. The number of ether oxygens (including phenoxy) is 2. The van der Waals surface area contributed by atoms with Crippen molar-refractivity contribution in [2.24, 2.45) is 0 Å². The Morgan fingerprint density at radius 3 is 2.47 bits per heavy atom. The Bertz CT molecular complexity index is 437. The van der Waals surface area contributed by atoms with Crippen LogP contribution in [0.1, 0.15) is 12.8 Å². The highest BCUT2D eigenvalue weighted by Gasteiger charge is 2.10. The molecule has 0 radical (unpaired) electrons. The Morgan fingerprint density at radius 2 is 1.79 bits per heavy atom. The Labute approximate surface area is 126 Å². The fourth-order valence-electron chi connectivity index (χ4n) is 1.19. The molecule has 0 saturated carbocycles. The number of aliphatic hydroxyl groups is 1. The van der Waals surface area contributed by atoms with E-state index in [0.29, 0.717) is 17.9 Å². The fourth-order valence-corrected chi connectivity index (χ4v) is 1.78. The maximum Gasteiger partial charge on any atom is 0.344 e. The van der Waals surface area contributed by atoms with Crippen LogP contribution in [0, 0.1) is 0 Å². The van der Waals surface area contributed by atoms with Gasteiger partial charge in [0.05, 0.1) is 21.7 Å². The van der Waals surface area contributed by atoms with Crippen molar-refractivity contribution in [2.45, 2.75) is 12.8 Å². The molecular weight excluding hydrogens is 314 g/mol. The van der Waals surface area contributed by atoms with E-state index in [0.717, 1.165) is 0 Å². The van der Waals surface area contributed by atoms with Gasteiger partial charge < -0.3 is 14.6 Å². The zero-order valence-corrected chi connectivity index (χ0v) is 12.3. The molecule has 0 aliphatic rings. The highest BCUT2D eigenvalue weighted by atomic mass is 35.5. The lowest BCUT2D eigenvalue weighted by Crippen LogP contribution is -2.15. The molecule has 1 rings (SSSR count). The van der Waals surface area contributed by atoms with Crippen LogP contribution in [0.3, 0.4) is 0 Å². The van der Waals surface area contributed by atoms with E-state index in [4.69, 9.17) is 49.4 Å². The summed E-state index contributed by atoms with van der Waals surface area (Å²) in [4.78, 5) is 11.3. The molecule has 0 aliphatic carbocycles. The van der Waals surface area contributed by atoms with E-state index in [1.54, 1.807) is 0 Å². The number of esters is 1. The van der Waals surface area contributed by atoms with Crippen LogP contribution in [0.2, 0.25) is 15.1 Å². The van der Waals surface area contributed by atoms with Gasteiger partial charge in [0.25, 0.3) is 0 Å². The van der Waals surface area contributed by atoms with Crippen LogP contribution in [0.25, 0.3) is 0 Å². The van der Waals surface area contributed by atoms with Crippen molar-refractivity contribution < 1.29 is 19.4 Å². The van der Waals surface area contributed by atoms with Gasteiger partial charge in [-0.2, -0.15) is 0 Å². The molecule has 0 aliphatic heterocycles. The summed E-state index contributed by atoms with van der Waals surface area (Å²) in [6.07, 6.45) is 1.20. The maximum atomic E-state index is 11.3. The van der Waals surface area contributed by atoms with Crippen molar-refractivity contribution in [2.75, 3.05) is 19.8 Å². The molecule has 0 bridgehead atoms.